The van der Waals surface area contributed by atoms with Gasteiger partial charge in [0.15, 0.2) is 0 Å². The van der Waals surface area contributed by atoms with Gasteiger partial charge in [-0.2, -0.15) is 0 Å². The van der Waals surface area contributed by atoms with E-state index in [4.69, 9.17) is 4.74 Å². The molecule has 1 atom stereocenters. The minimum Gasteiger partial charge on any atom is -0.383 e. The molecule has 0 rings (SSSR count). The summed E-state index contributed by atoms with van der Waals surface area (Å²) in [7, 11) is 1.73. The van der Waals surface area contributed by atoms with Gasteiger partial charge in [0.25, 0.3) is 0 Å². The van der Waals surface area contributed by atoms with Crippen LogP contribution in [0.5, 0.6) is 0 Å². The van der Waals surface area contributed by atoms with Crippen LogP contribution >= 0.6 is 0 Å². The van der Waals surface area contributed by atoms with Gasteiger partial charge in [-0.05, 0) is 19.9 Å². The quantitative estimate of drug-likeness (QED) is 0.607. The van der Waals surface area contributed by atoms with E-state index in [1.807, 2.05) is 6.92 Å². The average Bonchev–Trinajstić information content (AvgIpc) is 2.06. The molecule has 0 spiro atoms. The lowest BCUT2D eigenvalue weighted by molar-refractivity contribution is 0.164. The van der Waals surface area contributed by atoms with Crippen molar-refractivity contribution in [3.05, 3.63) is 0 Å². The third kappa shape index (κ3) is 6.21. The van der Waals surface area contributed by atoms with Crippen molar-refractivity contribution in [2.45, 2.75) is 32.7 Å². The molecule has 70 valence electrons. The van der Waals surface area contributed by atoms with Crippen molar-refractivity contribution in [1.82, 2.24) is 5.32 Å². The first-order valence-corrected chi connectivity index (χ1v) is 4.47. The third-order valence-corrected chi connectivity index (χ3v) is 1.66. The highest BCUT2D eigenvalue weighted by Crippen LogP contribution is 1.96. The molecule has 0 aromatic heterocycles. The number of rotatable bonds is 6. The predicted molar refractivity (Wildman–Crippen MR) is 52.0 cm³/mol. The Balaban J connectivity index is 3.52. The molecule has 0 aromatic carbocycles. The molecule has 0 aliphatic heterocycles. The first-order valence-electron chi connectivity index (χ1n) is 4.47. The van der Waals surface area contributed by atoms with E-state index >= 15 is 0 Å². The molecule has 1 N–H and O–H groups in total. The maximum Gasteiger partial charge on any atom is 0.0616 e. The molecule has 0 radical (unpaired) electrons. The summed E-state index contributed by atoms with van der Waals surface area (Å²) in [6.07, 6.45) is 2.03. The molecule has 0 saturated heterocycles. The molecular formula is C10H19NO. The number of hydrogen-bond acceptors (Lipinski definition) is 2. The minimum atomic E-state index is 0.459. The van der Waals surface area contributed by atoms with E-state index in [9.17, 15) is 0 Å². The van der Waals surface area contributed by atoms with Gasteiger partial charge in [0.05, 0.1) is 6.61 Å². The van der Waals surface area contributed by atoms with Gasteiger partial charge in [-0.25, -0.2) is 0 Å². The largest absolute Gasteiger partial charge is 0.383 e. The van der Waals surface area contributed by atoms with Crippen molar-refractivity contribution in [2.24, 2.45) is 0 Å². The number of hydrogen-bond donors (Lipinski definition) is 1. The summed E-state index contributed by atoms with van der Waals surface area (Å²) in [5, 5.41) is 3.35. The fourth-order valence-corrected chi connectivity index (χ4v) is 1.11. The van der Waals surface area contributed by atoms with Gasteiger partial charge in [-0.1, -0.05) is 6.92 Å². The Hall–Kier alpha value is -0.520. The number of nitrogens with one attached hydrogen (secondary N) is 1. The molecule has 12 heavy (non-hydrogen) atoms. The average molecular weight is 169 g/mol. The molecule has 2 nitrogen and oxygen atoms in total. The molecule has 0 aliphatic carbocycles. The van der Waals surface area contributed by atoms with E-state index in [1.165, 1.54) is 0 Å². The van der Waals surface area contributed by atoms with Crippen molar-refractivity contribution < 1.29 is 4.74 Å². The fourth-order valence-electron chi connectivity index (χ4n) is 1.11. The van der Waals surface area contributed by atoms with Crippen LogP contribution in [0.4, 0.5) is 0 Å². The highest BCUT2D eigenvalue weighted by atomic mass is 16.5. The van der Waals surface area contributed by atoms with Crippen LogP contribution < -0.4 is 5.32 Å². The highest BCUT2D eigenvalue weighted by Gasteiger charge is 2.04. The van der Waals surface area contributed by atoms with Crippen molar-refractivity contribution in [1.29, 1.82) is 0 Å². The van der Waals surface area contributed by atoms with Crippen molar-refractivity contribution in [3.63, 3.8) is 0 Å². The zero-order valence-corrected chi connectivity index (χ0v) is 8.31. The van der Waals surface area contributed by atoms with Gasteiger partial charge >= 0.3 is 0 Å². The standard InChI is InChI=1S/C10H19NO/c1-4-6-7-8-10(9-12-3)11-5-2/h10-11H,5,7-9H2,1-3H3. The Kier molecular flexibility index (Phi) is 8.20. The molecule has 0 amide bonds. The van der Waals surface area contributed by atoms with Crippen LogP contribution in [0, 0.1) is 11.8 Å². The molecule has 0 aromatic rings. The summed E-state index contributed by atoms with van der Waals surface area (Å²) in [5.74, 6) is 5.94. The van der Waals surface area contributed by atoms with E-state index in [0.29, 0.717) is 6.04 Å². The lowest BCUT2D eigenvalue weighted by Gasteiger charge is -2.14. The first kappa shape index (κ1) is 11.5. The Labute approximate surface area is 75.7 Å². The highest BCUT2D eigenvalue weighted by molar-refractivity contribution is 4.95. The van der Waals surface area contributed by atoms with Gasteiger partial charge in [-0.3, -0.25) is 0 Å². The van der Waals surface area contributed by atoms with E-state index in [2.05, 4.69) is 24.1 Å². The summed E-state index contributed by atoms with van der Waals surface area (Å²) in [4.78, 5) is 0. The molecule has 0 aliphatic rings. The Morgan fingerprint density at radius 2 is 2.25 bits per heavy atom. The van der Waals surface area contributed by atoms with Crippen molar-refractivity contribution in [2.75, 3.05) is 20.3 Å². The van der Waals surface area contributed by atoms with Crippen molar-refractivity contribution in [3.8, 4) is 11.8 Å². The Bertz CT molecular complexity index is 140. The number of ether oxygens (including phenoxy) is 1. The maximum absolute atomic E-state index is 5.08. The third-order valence-electron chi connectivity index (χ3n) is 1.66. The van der Waals surface area contributed by atoms with Gasteiger partial charge in [-0.15, -0.1) is 11.8 Å². The second-order valence-corrected chi connectivity index (χ2v) is 2.68. The van der Waals surface area contributed by atoms with E-state index in [1.54, 1.807) is 7.11 Å². The normalized spacial score (nSPS) is 11.9. The molecule has 0 fully saturated rings. The summed E-state index contributed by atoms with van der Waals surface area (Å²) in [5.41, 5.74) is 0. The summed E-state index contributed by atoms with van der Waals surface area (Å²) < 4.78 is 5.08. The monoisotopic (exact) mass is 169 g/mol. The second-order valence-electron chi connectivity index (χ2n) is 2.68. The van der Waals surface area contributed by atoms with Crippen LogP contribution in [-0.4, -0.2) is 26.3 Å². The summed E-state index contributed by atoms with van der Waals surface area (Å²) >= 11 is 0. The zero-order valence-electron chi connectivity index (χ0n) is 8.31. The predicted octanol–water partition coefficient (Wildman–Crippen LogP) is 1.41. The molecular weight excluding hydrogens is 150 g/mol. The lowest BCUT2D eigenvalue weighted by atomic mass is 10.1. The van der Waals surface area contributed by atoms with Crippen molar-refractivity contribution >= 4 is 0 Å². The Morgan fingerprint density at radius 1 is 1.50 bits per heavy atom. The Morgan fingerprint density at radius 3 is 2.75 bits per heavy atom. The lowest BCUT2D eigenvalue weighted by Crippen LogP contribution is -2.32. The van der Waals surface area contributed by atoms with E-state index in [0.717, 1.165) is 26.0 Å². The topological polar surface area (TPSA) is 21.3 Å². The second kappa shape index (κ2) is 8.58. The van der Waals surface area contributed by atoms with Gasteiger partial charge in [0.1, 0.15) is 0 Å². The SMILES string of the molecule is CC#CCCC(COC)NCC. The van der Waals surface area contributed by atoms with Crippen LogP contribution in [0.1, 0.15) is 26.7 Å². The van der Waals surface area contributed by atoms with E-state index < -0.39 is 0 Å². The van der Waals surface area contributed by atoms with Gasteiger partial charge in [0, 0.05) is 19.6 Å². The smallest absolute Gasteiger partial charge is 0.0616 e. The summed E-state index contributed by atoms with van der Waals surface area (Å²) in [6.45, 7) is 5.75. The molecule has 1 unspecified atom stereocenters. The van der Waals surface area contributed by atoms with E-state index in [-0.39, 0.29) is 0 Å². The van der Waals surface area contributed by atoms with Crippen LogP contribution in [0.2, 0.25) is 0 Å². The molecule has 0 saturated carbocycles. The summed E-state index contributed by atoms with van der Waals surface area (Å²) in [6, 6.07) is 0.459. The first-order chi connectivity index (χ1) is 5.85. The van der Waals surface area contributed by atoms with Gasteiger partial charge in [0.2, 0.25) is 0 Å². The molecule has 2 heteroatoms. The van der Waals surface area contributed by atoms with Crippen LogP contribution in [0.25, 0.3) is 0 Å². The van der Waals surface area contributed by atoms with Gasteiger partial charge < -0.3 is 10.1 Å². The number of methoxy groups -OCH3 is 1. The molecule has 0 heterocycles. The maximum atomic E-state index is 5.08. The van der Waals surface area contributed by atoms with Crippen LogP contribution in [0.15, 0.2) is 0 Å². The zero-order chi connectivity index (χ0) is 9.23. The van der Waals surface area contributed by atoms with Crippen LogP contribution in [0.3, 0.4) is 0 Å². The molecule has 0 bridgehead atoms. The van der Waals surface area contributed by atoms with Crippen LogP contribution in [-0.2, 0) is 4.74 Å². The fraction of sp³-hybridized carbons (Fsp3) is 0.800. The number of likely N-dealkylation sites (N-methyl/N-ethyl adjacent to an activating group) is 1. The minimum absolute atomic E-state index is 0.459.